The summed E-state index contributed by atoms with van der Waals surface area (Å²) >= 11 is 0. The molecule has 1 atom stereocenters. The quantitative estimate of drug-likeness (QED) is 0.858. The van der Waals surface area contributed by atoms with Gasteiger partial charge in [-0.05, 0) is 35.9 Å². The average molecular weight is 360 g/mol. The molecule has 1 fully saturated rings. The van der Waals surface area contributed by atoms with Crippen molar-refractivity contribution < 1.29 is 18.6 Å². The molecule has 0 aliphatic carbocycles. The lowest BCUT2D eigenvalue weighted by atomic mass is 9.95. The number of nitrogens with one attached hydrogen (secondary N) is 1. The highest BCUT2D eigenvalue weighted by Gasteiger charge is 2.28. The minimum absolute atomic E-state index is 0.137. The van der Waals surface area contributed by atoms with Gasteiger partial charge in [0.15, 0.2) is 11.5 Å². The highest BCUT2D eigenvalue weighted by Crippen LogP contribution is 2.38. The van der Waals surface area contributed by atoms with E-state index in [1.165, 1.54) is 6.07 Å². The molecule has 2 aromatic rings. The number of hydrogen-bond acceptors (Lipinski definition) is 5. The van der Waals surface area contributed by atoms with Crippen molar-refractivity contribution in [3.63, 3.8) is 0 Å². The molecule has 26 heavy (non-hydrogen) atoms. The summed E-state index contributed by atoms with van der Waals surface area (Å²) in [5.74, 6) is 1.72. The standard InChI is InChI=1S/C20H25FN2O3/c1-24-17-7-5-15(21)13-16(17)20(23-10-8-22-9-11-23)14-4-6-18(25-2)19(12-14)26-3/h4-7,12-13,20,22H,8-11H2,1-3H3. The highest BCUT2D eigenvalue weighted by molar-refractivity contribution is 5.48. The molecule has 2 aromatic carbocycles. The third kappa shape index (κ3) is 3.76. The molecule has 5 nitrogen and oxygen atoms in total. The van der Waals surface area contributed by atoms with Crippen molar-refractivity contribution >= 4 is 0 Å². The van der Waals surface area contributed by atoms with Crippen molar-refractivity contribution in [2.24, 2.45) is 0 Å². The maximum Gasteiger partial charge on any atom is 0.161 e. The fourth-order valence-corrected chi connectivity index (χ4v) is 3.47. The molecule has 6 heteroatoms. The first-order valence-electron chi connectivity index (χ1n) is 8.68. The van der Waals surface area contributed by atoms with E-state index in [4.69, 9.17) is 14.2 Å². The number of halogens is 1. The van der Waals surface area contributed by atoms with Gasteiger partial charge in [-0.25, -0.2) is 4.39 Å². The Balaban J connectivity index is 2.11. The fourth-order valence-electron chi connectivity index (χ4n) is 3.47. The van der Waals surface area contributed by atoms with Crippen molar-refractivity contribution in [2.75, 3.05) is 47.5 Å². The molecule has 3 rings (SSSR count). The second-order valence-electron chi connectivity index (χ2n) is 6.19. The maximum atomic E-state index is 14.1. The monoisotopic (exact) mass is 360 g/mol. The van der Waals surface area contributed by atoms with E-state index in [0.717, 1.165) is 37.3 Å². The summed E-state index contributed by atoms with van der Waals surface area (Å²) in [6.07, 6.45) is 0. The van der Waals surface area contributed by atoms with Crippen LogP contribution in [0.25, 0.3) is 0 Å². The molecule has 140 valence electrons. The van der Waals surface area contributed by atoms with Crippen LogP contribution in [0.3, 0.4) is 0 Å². The van der Waals surface area contributed by atoms with E-state index in [-0.39, 0.29) is 11.9 Å². The van der Waals surface area contributed by atoms with Gasteiger partial charge in [0.2, 0.25) is 0 Å². The van der Waals surface area contributed by atoms with Crippen LogP contribution in [-0.2, 0) is 0 Å². The lowest BCUT2D eigenvalue weighted by Gasteiger charge is -2.36. The summed E-state index contributed by atoms with van der Waals surface area (Å²) in [5, 5.41) is 3.36. The predicted molar refractivity (Wildman–Crippen MR) is 98.8 cm³/mol. The lowest BCUT2D eigenvalue weighted by molar-refractivity contribution is 0.194. The summed E-state index contributed by atoms with van der Waals surface area (Å²) in [6.45, 7) is 3.50. The van der Waals surface area contributed by atoms with Gasteiger partial charge in [0.25, 0.3) is 0 Å². The number of methoxy groups -OCH3 is 3. The van der Waals surface area contributed by atoms with E-state index in [2.05, 4.69) is 10.2 Å². The smallest absolute Gasteiger partial charge is 0.161 e. The Morgan fingerprint density at radius 2 is 1.54 bits per heavy atom. The van der Waals surface area contributed by atoms with Crippen molar-refractivity contribution in [1.82, 2.24) is 10.2 Å². The Labute approximate surface area is 153 Å². The number of nitrogens with zero attached hydrogens (tertiary/aromatic N) is 1. The summed E-state index contributed by atoms with van der Waals surface area (Å²) in [6, 6.07) is 10.4. The zero-order chi connectivity index (χ0) is 18.5. The van der Waals surface area contributed by atoms with Gasteiger partial charge in [-0.3, -0.25) is 4.90 Å². The fraction of sp³-hybridized carbons (Fsp3) is 0.400. The molecule has 0 saturated carbocycles. The van der Waals surface area contributed by atoms with Crippen LogP contribution in [0.2, 0.25) is 0 Å². The maximum absolute atomic E-state index is 14.1. The zero-order valence-corrected chi connectivity index (χ0v) is 15.4. The van der Waals surface area contributed by atoms with E-state index in [9.17, 15) is 4.39 Å². The SMILES string of the molecule is COc1ccc(C(c2cc(F)ccc2OC)N2CCNCC2)cc1OC. The molecule has 0 radical (unpaired) electrons. The second kappa shape index (κ2) is 8.38. The van der Waals surface area contributed by atoms with E-state index in [1.54, 1.807) is 33.5 Å². The molecule has 1 aliphatic heterocycles. The van der Waals surface area contributed by atoms with Crippen LogP contribution in [0.4, 0.5) is 4.39 Å². The Morgan fingerprint density at radius 1 is 0.885 bits per heavy atom. The molecule has 1 unspecified atom stereocenters. The third-order valence-electron chi connectivity index (χ3n) is 4.73. The van der Waals surface area contributed by atoms with E-state index < -0.39 is 0 Å². The first kappa shape index (κ1) is 18.5. The van der Waals surface area contributed by atoms with Crippen molar-refractivity contribution in [3.05, 3.63) is 53.3 Å². The molecular formula is C20H25FN2O3. The van der Waals surface area contributed by atoms with Crippen LogP contribution in [0.15, 0.2) is 36.4 Å². The largest absolute Gasteiger partial charge is 0.496 e. The Kier molecular flexibility index (Phi) is 5.96. The summed E-state index contributed by atoms with van der Waals surface area (Å²) in [4.78, 5) is 2.33. The van der Waals surface area contributed by atoms with Crippen molar-refractivity contribution in [3.8, 4) is 17.2 Å². The average Bonchev–Trinajstić information content (AvgIpc) is 2.69. The van der Waals surface area contributed by atoms with Crippen LogP contribution >= 0.6 is 0 Å². The summed E-state index contributed by atoms with van der Waals surface area (Å²) < 4.78 is 30.4. The molecule has 1 N–H and O–H groups in total. The normalized spacial score (nSPS) is 16.2. The minimum atomic E-state index is -0.276. The van der Waals surface area contributed by atoms with Gasteiger partial charge in [-0.15, -0.1) is 0 Å². The van der Waals surface area contributed by atoms with Crippen LogP contribution < -0.4 is 19.5 Å². The molecule has 1 aliphatic rings. The molecule has 1 saturated heterocycles. The molecule has 0 aromatic heterocycles. The van der Waals surface area contributed by atoms with E-state index >= 15 is 0 Å². The molecule has 0 bridgehead atoms. The lowest BCUT2D eigenvalue weighted by Crippen LogP contribution is -2.45. The third-order valence-corrected chi connectivity index (χ3v) is 4.73. The molecule has 1 heterocycles. The van der Waals surface area contributed by atoms with Crippen LogP contribution in [0.1, 0.15) is 17.2 Å². The molecular weight excluding hydrogens is 335 g/mol. The van der Waals surface area contributed by atoms with Crippen LogP contribution in [-0.4, -0.2) is 52.4 Å². The van der Waals surface area contributed by atoms with Gasteiger partial charge in [0.1, 0.15) is 11.6 Å². The number of benzene rings is 2. The topological polar surface area (TPSA) is 43.0 Å². The second-order valence-corrected chi connectivity index (χ2v) is 6.19. The van der Waals surface area contributed by atoms with Crippen LogP contribution in [0.5, 0.6) is 17.2 Å². The summed E-state index contributed by atoms with van der Waals surface area (Å²) in [5.41, 5.74) is 1.81. The van der Waals surface area contributed by atoms with Crippen LogP contribution in [0, 0.1) is 5.82 Å². The van der Waals surface area contributed by atoms with Gasteiger partial charge in [0, 0.05) is 31.7 Å². The first-order chi connectivity index (χ1) is 12.7. The zero-order valence-electron chi connectivity index (χ0n) is 15.4. The number of hydrogen-bond donors (Lipinski definition) is 1. The van der Waals surface area contributed by atoms with E-state index in [0.29, 0.717) is 17.2 Å². The van der Waals surface area contributed by atoms with E-state index in [1.807, 2.05) is 18.2 Å². The molecule has 0 amide bonds. The Bertz CT molecular complexity index is 748. The number of piperazine rings is 1. The van der Waals surface area contributed by atoms with Gasteiger partial charge in [0.05, 0.1) is 27.4 Å². The first-order valence-corrected chi connectivity index (χ1v) is 8.68. The minimum Gasteiger partial charge on any atom is -0.496 e. The highest BCUT2D eigenvalue weighted by atomic mass is 19.1. The van der Waals surface area contributed by atoms with Gasteiger partial charge < -0.3 is 19.5 Å². The molecule has 0 spiro atoms. The number of ether oxygens (including phenoxy) is 3. The Hall–Kier alpha value is -2.31. The summed E-state index contributed by atoms with van der Waals surface area (Å²) in [7, 11) is 4.84. The van der Waals surface area contributed by atoms with Crippen molar-refractivity contribution in [2.45, 2.75) is 6.04 Å². The number of rotatable bonds is 6. The van der Waals surface area contributed by atoms with Crippen molar-refractivity contribution in [1.29, 1.82) is 0 Å². The van der Waals surface area contributed by atoms with Gasteiger partial charge in [-0.2, -0.15) is 0 Å². The van der Waals surface area contributed by atoms with Gasteiger partial charge in [-0.1, -0.05) is 6.07 Å². The Morgan fingerprint density at radius 3 is 2.19 bits per heavy atom. The predicted octanol–water partition coefficient (Wildman–Crippen LogP) is 2.85. The van der Waals surface area contributed by atoms with Gasteiger partial charge >= 0.3 is 0 Å².